The van der Waals surface area contributed by atoms with Crippen molar-refractivity contribution in [2.75, 3.05) is 6.61 Å². The van der Waals surface area contributed by atoms with Crippen LogP contribution in [0.4, 0.5) is 0 Å². The third kappa shape index (κ3) is 2.48. The van der Waals surface area contributed by atoms with Gasteiger partial charge in [-0.15, -0.1) is 0 Å². The minimum Gasteiger partial charge on any atom is -0.463 e. The number of aromatic amines is 1. The van der Waals surface area contributed by atoms with Gasteiger partial charge in [-0.25, -0.2) is 4.79 Å². The lowest BCUT2D eigenvalue weighted by Gasteiger charge is -1.97. The van der Waals surface area contributed by atoms with Crippen LogP contribution in [0.3, 0.4) is 0 Å². The number of carbonyl (C=O) groups is 2. The van der Waals surface area contributed by atoms with Crippen LogP contribution in [0.5, 0.6) is 0 Å². The van der Waals surface area contributed by atoms with Crippen molar-refractivity contribution in [3.05, 3.63) is 47.8 Å². The quantitative estimate of drug-likeness (QED) is 0.456. The first-order valence-corrected chi connectivity index (χ1v) is 6.93. The van der Waals surface area contributed by atoms with E-state index in [1.165, 1.54) is 6.08 Å². The lowest BCUT2D eigenvalue weighted by molar-refractivity contribution is -0.137. The molecule has 0 amide bonds. The fraction of sp³-hybridized carbons (Fsp3) is 0.118. The highest BCUT2D eigenvalue weighted by Crippen LogP contribution is 2.27. The minimum atomic E-state index is -0.402. The molecule has 0 atom stereocenters. The Bertz CT molecular complexity index is 893. The zero-order chi connectivity index (χ0) is 15.5. The molecule has 0 saturated heterocycles. The van der Waals surface area contributed by atoms with Gasteiger partial charge in [0.2, 0.25) is 0 Å². The topological polar surface area (TPSA) is 72.0 Å². The summed E-state index contributed by atoms with van der Waals surface area (Å²) in [7, 11) is 0. The van der Waals surface area contributed by atoms with Crippen LogP contribution in [0, 0.1) is 0 Å². The van der Waals surface area contributed by atoms with Crippen LogP contribution in [-0.2, 0) is 9.53 Å². The van der Waals surface area contributed by atoms with Gasteiger partial charge in [-0.05, 0) is 25.1 Å². The molecule has 0 spiro atoms. The zero-order valence-electron chi connectivity index (χ0n) is 12.0. The van der Waals surface area contributed by atoms with Crippen LogP contribution >= 0.6 is 0 Å². The number of esters is 1. The maximum Gasteiger partial charge on any atom is 0.330 e. The predicted molar refractivity (Wildman–Crippen MR) is 84.7 cm³/mol. The number of rotatable bonds is 4. The van der Waals surface area contributed by atoms with Crippen molar-refractivity contribution in [1.82, 2.24) is 9.97 Å². The molecule has 2 aromatic heterocycles. The summed E-state index contributed by atoms with van der Waals surface area (Å²) in [5.41, 5.74) is 2.93. The summed E-state index contributed by atoms with van der Waals surface area (Å²) >= 11 is 0. The van der Waals surface area contributed by atoms with Crippen molar-refractivity contribution < 1.29 is 14.3 Å². The molecule has 2 heterocycles. The molecule has 0 fully saturated rings. The Balaban J connectivity index is 2.12. The molecule has 0 radical (unpaired) electrons. The van der Waals surface area contributed by atoms with E-state index >= 15 is 0 Å². The summed E-state index contributed by atoms with van der Waals surface area (Å²) in [5, 5.41) is 2.00. The molecule has 0 bridgehead atoms. The third-order valence-electron chi connectivity index (χ3n) is 3.37. The third-order valence-corrected chi connectivity index (χ3v) is 3.37. The Hall–Kier alpha value is -2.95. The van der Waals surface area contributed by atoms with Crippen molar-refractivity contribution in [3.8, 4) is 0 Å². The lowest BCUT2D eigenvalue weighted by atomic mass is 10.1. The summed E-state index contributed by atoms with van der Waals surface area (Å²) in [6, 6.07) is 7.37. The summed E-state index contributed by atoms with van der Waals surface area (Å²) in [4.78, 5) is 29.8. The number of ether oxygens (including phenoxy) is 1. The first kappa shape index (κ1) is 14.0. The van der Waals surface area contributed by atoms with Crippen LogP contribution in [-0.4, -0.2) is 28.8 Å². The van der Waals surface area contributed by atoms with E-state index in [-0.39, 0.29) is 0 Å². The second-order valence-corrected chi connectivity index (χ2v) is 4.75. The van der Waals surface area contributed by atoms with Crippen LogP contribution in [0.1, 0.15) is 23.0 Å². The van der Waals surface area contributed by atoms with E-state index in [4.69, 9.17) is 4.74 Å². The van der Waals surface area contributed by atoms with E-state index in [9.17, 15) is 9.59 Å². The molecule has 0 saturated carbocycles. The Morgan fingerprint density at radius 3 is 2.95 bits per heavy atom. The van der Waals surface area contributed by atoms with E-state index in [1.807, 2.05) is 12.1 Å². The van der Waals surface area contributed by atoms with Gasteiger partial charge >= 0.3 is 5.97 Å². The fourth-order valence-corrected chi connectivity index (χ4v) is 2.41. The van der Waals surface area contributed by atoms with Gasteiger partial charge in [-0.3, -0.25) is 9.78 Å². The van der Waals surface area contributed by atoms with E-state index < -0.39 is 5.97 Å². The van der Waals surface area contributed by atoms with Crippen molar-refractivity contribution in [2.45, 2.75) is 6.92 Å². The molecule has 110 valence electrons. The second kappa shape index (κ2) is 5.81. The van der Waals surface area contributed by atoms with Crippen LogP contribution in [0.25, 0.3) is 27.9 Å². The SMILES string of the molecule is CCOC(=O)C=Cc1nccc2c1[nH]c1cc(C=O)ccc12. The molecule has 5 nitrogen and oxygen atoms in total. The summed E-state index contributed by atoms with van der Waals surface area (Å²) in [5.74, 6) is -0.402. The number of carbonyl (C=O) groups excluding carboxylic acids is 2. The van der Waals surface area contributed by atoms with Crippen LogP contribution < -0.4 is 0 Å². The number of aromatic nitrogens is 2. The smallest absolute Gasteiger partial charge is 0.330 e. The van der Waals surface area contributed by atoms with Gasteiger partial charge in [0.25, 0.3) is 0 Å². The number of nitrogens with zero attached hydrogens (tertiary/aromatic N) is 1. The minimum absolute atomic E-state index is 0.335. The molecule has 0 aliphatic rings. The first-order valence-electron chi connectivity index (χ1n) is 6.93. The Morgan fingerprint density at radius 1 is 1.32 bits per heavy atom. The molecular formula is C17H14N2O3. The molecule has 0 aliphatic heterocycles. The van der Waals surface area contributed by atoms with Gasteiger partial charge in [-0.1, -0.05) is 12.1 Å². The van der Waals surface area contributed by atoms with E-state index in [0.717, 1.165) is 28.1 Å². The first-order chi connectivity index (χ1) is 10.7. The highest BCUT2D eigenvalue weighted by atomic mass is 16.5. The number of nitrogens with one attached hydrogen (secondary N) is 1. The monoisotopic (exact) mass is 294 g/mol. The number of pyridine rings is 1. The molecule has 1 aromatic carbocycles. The second-order valence-electron chi connectivity index (χ2n) is 4.75. The summed E-state index contributed by atoms with van der Waals surface area (Å²) in [6.07, 6.45) is 5.48. The van der Waals surface area contributed by atoms with Gasteiger partial charge in [0.15, 0.2) is 0 Å². The van der Waals surface area contributed by atoms with Gasteiger partial charge < -0.3 is 9.72 Å². The number of hydrogen-bond donors (Lipinski definition) is 1. The molecule has 3 rings (SSSR count). The highest BCUT2D eigenvalue weighted by Gasteiger charge is 2.08. The van der Waals surface area contributed by atoms with Gasteiger partial charge in [0.05, 0.1) is 17.8 Å². The van der Waals surface area contributed by atoms with E-state index in [2.05, 4.69) is 9.97 Å². The molecule has 22 heavy (non-hydrogen) atoms. The molecular weight excluding hydrogens is 280 g/mol. The summed E-state index contributed by atoms with van der Waals surface area (Å²) < 4.78 is 4.86. The fourth-order valence-electron chi connectivity index (χ4n) is 2.41. The maximum atomic E-state index is 11.4. The van der Waals surface area contributed by atoms with Crippen molar-refractivity contribution >= 4 is 40.1 Å². The van der Waals surface area contributed by atoms with Crippen molar-refractivity contribution in [1.29, 1.82) is 0 Å². The Labute approximate surface area is 126 Å². The predicted octanol–water partition coefficient (Wildman–Crippen LogP) is 3.10. The molecule has 3 aromatic rings. The highest BCUT2D eigenvalue weighted by molar-refractivity contribution is 6.10. The molecule has 0 unspecified atom stereocenters. The standard InChI is InChI=1S/C17H14N2O3/c1-2-22-16(21)6-5-14-17-13(7-8-18-14)12-4-3-11(10-20)9-15(12)19-17/h3-10,19H,2H2,1H3. The largest absolute Gasteiger partial charge is 0.463 e. The maximum absolute atomic E-state index is 11.4. The Kier molecular flexibility index (Phi) is 3.70. The van der Waals surface area contributed by atoms with Gasteiger partial charge in [0.1, 0.15) is 6.29 Å². The number of aldehydes is 1. The number of H-pyrrole nitrogens is 1. The van der Waals surface area contributed by atoms with Crippen molar-refractivity contribution in [3.63, 3.8) is 0 Å². The van der Waals surface area contributed by atoms with E-state index in [0.29, 0.717) is 17.9 Å². The van der Waals surface area contributed by atoms with Crippen LogP contribution in [0.2, 0.25) is 0 Å². The van der Waals surface area contributed by atoms with Crippen LogP contribution in [0.15, 0.2) is 36.5 Å². The van der Waals surface area contributed by atoms with Crippen molar-refractivity contribution in [2.24, 2.45) is 0 Å². The van der Waals surface area contributed by atoms with E-state index in [1.54, 1.807) is 31.3 Å². The zero-order valence-corrected chi connectivity index (χ0v) is 12.0. The number of fused-ring (bicyclic) bond motifs is 3. The Morgan fingerprint density at radius 2 is 2.18 bits per heavy atom. The summed E-state index contributed by atoms with van der Waals surface area (Å²) in [6.45, 7) is 2.09. The van der Waals surface area contributed by atoms with Gasteiger partial charge in [0, 0.05) is 34.1 Å². The van der Waals surface area contributed by atoms with Gasteiger partial charge in [-0.2, -0.15) is 0 Å². The average molecular weight is 294 g/mol. The molecule has 1 N–H and O–H groups in total. The average Bonchev–Trinajstić information content (AvgIpc) is 2.91. The number of benzene rings is 1. The molecule has 5 heteroatoms. The molecule has 0 aliphatic carbocycles. The normalized spacial score (nSPS) is 11.3. The lowest BCUT2D eigenvalue weighted by Crippen LogP contribution is -1.98. The number of hydrogen-bond acceptors (Lipinski definition) is 4.